The average Bonchev–Trinajstić information content (AvgIpc) is 2.60. The molecule has 7 heteroatoms. The van der Waals surface area contributed by atoms with E-state index in [1.54, 1.807) is 12.1 Å². The summed E-state index contributed by atoms with van der Waals surface area (Å²) in [4.78, 5) is 28.9. The van der Waals surface area contributed by atoms with E-state index < -0.39 is 11.7 Å². The lowest BCUT2D eigenvalue weighted by molar-refractivity contribution is -0.120. The molecule has 2 N–H and O–H groups in total. The van der Waals surface area contributed by atoms with Gasteiger partial charge in [-0.3, -0.25) is 4.79 Å². The molecule has 1 aromatic heterocycles. The average molecular weight is 404 g/mol. The molecule has 1 fully saturated rings. The van der Waals surface area contributed by atoms with Crippen molar-refractivity contribution in [3.05, 3.63) is 35.4 Å². The molecule has 0 saturated heterocycles. The number of aromatic nitrogens is 1. The molecule has 2 amide bonds. The monoisotopic (exact) mass is 403 g/mol. The number of nitrogens with one attached hydrogen (secondary N) is 2. The first-order valence-corrected chi connectivity index (χ1v) is 9.94. The Hall–Kier alpha value is -2.34. The number of fused-ring (bicyclic) bond motifs is 1. The Morgan fingerprint density at radius 3 is 2.50 bits per heavy atom. The Kier molecular flexibility index (Phi) is 6.08. The van der Waals surface area contributed by atoms with E-state index in [9.17, 15) is 9.59 Å². The largest absolute Gasteiger partial charge is 0.444 e. The number of benzene rings is 1. The standard InChI is InChI=1S/C21H26ClN3O3/c1-21(2,3)28-20(27)23-16-8-4-13(5-9-16)19(26)25-18-11-6-14-12-15(22)7-10-17(14)24-18/h6-7,10-13,16H,4-5,8-9H2,1-3H3,(H,23,27)(H,24,25,26)/t13-,16-. The van der Waals surface area contributed by atoms with E-state index in [2.05, 4.69) is 15.6 Å². The van der Waals surface area contributed by atoms with Crippen molar-refractivity contribution < 1.29 is 14.3 Å². The van der Waals surface area contributed by atoms with Crippen LogP contribution in [0.1, 0.15) is 46.5 Å². The Bertz CT molecular complexity index is 871. The molecule has 0 spiro atoms. The quantitative estimate of drug-likeness (QED) is 0.762. The topological polar surface area (TPSA) is 80.3 Å². The van der Waals surface area contributed by atoms with Crippen molar-refractivity contribution in [3.8, 4) is 0 Å². The molecule has 0 radical (unpaired) electrons. The van der Waals surface area contributed by atoms with Crippen LogP contribution in [-0.2, 0) is 9.53 Å². The van der Waals surface area contributed by atoms with Gasteiger partial charge in [0.1, 0.15) is 11.4 Å². The number of nitrogens with zero attached hydrogens (tertiary/aromatic N) is 1. The zero-order valence-electron chi connectivity index (χ0n) is 16.4. The molecule has 1 aromatic carbocycles. The van der Waals surface area contributed by atoms with Gasteiger partial charge in [0.2, 0.25) is 5.91 Å². The first-order chi connectivity index (χ1) is 13.2. The second-order valence-corrected chi connectivity index (χ2v) is 8.65. The third-order valence-electron chi connectivity index (χ3n) is 4.72. The van der Waals surface area contributed by atoms with Gasteiger partial charge in [-0.05, 0) is 76.8 Å². The number of hydrogen-bond acceptors (Lipinski definition) is 4. The molecule has 0 bridgehead atoms. The molecule has 0 unspecified atom stereocenters. The maximum atomic E-state index is 12.6. The molecular weight excluding hydrogens is 378 g/mol. The van der Waals surface area contributed by atoms with Crippen molar-refractivity contribution >= 4 is 40.3 Å². The molecule has 3 rings (SSSR count). The van der Waals surface area contributed by atoms with E-state index in [4.69, 9.17) is 16.3 Å². The highest BCUT2D eigenvalue weighted by atomic mass is 35.5. The van der Waals surface area contributed by atoms with Crippen molar-refractivity contribution in [2.45, 2.75) is 58.1 Å². The molecular formula is C21H26ClN3O3. The van der Waals surface area contributed by atoms with Gasteiger partial charge in [0.25, 0.3) is 0 Å². The third kappa shape index (κ3) is 5.58. The smallest absolute Gasteiger partial charge is 0.407 e. The minimum absolute atomic E-state index is 0.0310. The van der Waals surface area contributed by atoms with E-state index in [-0.39, 0.29) is 17.9 Å². The number of rotatable bonds is 3. The van der Waals surface area contributed by atoms with E-state index in [1.165, 1.54) is 0 Å². The number of alkyl carbamates (subject to hydrolysis) is 1. The van der Waals surface area contributed by atoms with Crippen molar-refractivity contribution in [1.82, 2.24) is 10.3 Å². The van der Waals surface area contributed by atoms with E-state index in [1.807, 2.05) is 39.0 Å². The van der Waals surface area contributed by atoms with Crippen LogP contribution in [0.3, 0.4) is 0 Å². The summed E-state index contributed by atoms with van der Waals surface area (Å²) in [5.41, 5.74) is 0.270. The van der Waals surface area contributed by atoms with Gasteiger partial charge in [-0.1, -0.05) is 11.6 Å². The molecule has 1 aliphatic carbocycles. The van der Waals surface area contributed by atoms with Crippen molar-refractivity contribution in [3.63, 3.8) is 0 Å². The van der Waals surface area contributed by atoms with Crippen LogP contribution in [0, 0.1) is 5.92 Å². The van der Waals surface area contributed by atoms with Gasteiger partial charge in [0.15, 0.2) is 0 Å². The SMILES string of the molecule is CC(C)(C)OC(=O)N[C@H]1CC[C@H](C(=O)Nc2ccc3cc(Cl)ccc3n2)CC1. The normalized spacial score (nSPS) is 19.9. The molecule has 1 aliphatic rings. The fourth-order valence-corrected chi connectivity index (χ4v) is 3.55. The zero-order chi connectivity index (χ0) is 20.3. The molecule has 0 aliphatic heterocycles. The second kappa shape index (κ2) is 8.35. The predicted molar refractivity (Wildman–Crippen MR) is 110 cm³/mol. The molecule has 0 atom stereocenters. The summed E-state index contributed by atoms with van der Waals surface area (Å²) in [6, 6.07) is 9.18. The lowest BCUT2D eigenvalue weighted by atomic mass is 9.85. The van der Waals surface area contributed by atoms with Crippen LogP contribution in [-0.4, -0.2) is 28.6 Å². The van der Waals surface area contributed by atoms with E-state index in [0.29, 0.717) is 10.8 Å². The van der Waals surface area contributed by atoms with Crippen LogP contribution in [0.5, 0.6) is 0 Å². The summed E-state index contributed by atoms with van der Waals surface area (Å²) in [7, 11) is 0. The summed E-state index contributed by atoms with van der Waals surface area (Å²) in [5, 5.41) is 7.39. The van der Waals surface area contributed by atoms with Gasteiger partial charge >= 0.3 is 6.09 Å². The van der Waals surface area contributed by atoms with Crippen LogP contribution in [0.4, 0.5) is 10.6 Å². The van der Waals surface area contributed by atoms with Gasteiger partial charge in [-0.2, -0.15) is 0 Å². The maximum absolute atomic E-state index is 12.6. The fraction of sp³-hybridized carbons (Fsp3) is 0.476. The molecule has 28 heavy (non-hydrogen) atoms. The molecule has 1 saturated carbocycles. The summed E-state index contributed by atoms with van der Waals surface area (Å²) in [5.74, 6) is 0.421. The van der Waals surface area contributed by atoms with Crippen molar-refractivity contribution in [2.24, 2.45) is 5.92 Å². The van der Waals surface area contributed by atoms with Gasteiger partial charge in [-0.25, -0.2) is 9.78 Å². The Labute approximate surface area is 170 Å². The van der Waals surface area contributed by atoms with Crippen molar-refractivity contribution in [2.75, 3.05) is 5.32 Å². The van der Waals surface area contributed by atoms with Crippen LogP contribution in [0.15, 0.2) is 30.3 Å². The number of carbonyl (C=O) groups excluding carboxylic acids is 2. The number of carbonyl (C=O) groups is 2. The number of hydrogen-bond donors (Lipinski definition) is 2. The van der Waals surface area contributed by atoms with E-state index >= 15 is 0 Å². The third-order valence-corrected chi connectivity index (χ3v) is 4.96. The highest BCUT2D eigenvalue weighted by Crippen LogP contribution is 2.26. The van der Waals surface area contributed by atoms with Crippen molar-refractivity contribution in [1.29, 1.82) is 0 Å². The molecule has 2 aromatic rings. The summed E-state index contributed by atoms with van der Waals surface area (Å²) in [6.45, 7) is 5.51. The van der Waals surface area contributed by atoms with Crippen LogP contribution >= 0.6 is 11.6 Å². The summed E-state index contributed by atoms with van der Waals surface area (Å²) in [6.07, 6.45) is 2.54. The summed E-state index contributed by atoms with van der Waals surface area (Å²) >= 11 is 5.99. The number of anilines is 1. The lowest BCUT2D eigenvalue weighted by Gasteiger charge is -2.29. The lowest BCUT2D eigenvalue weighted by Crippen LogP contribution is -2.42. The highest BCUT2D eigenvalue weighted by molar-refractivity contribution is 6.31. The van der Waals surface area contributed by atoms with Crippen LogP contribution in [0.2, 0.25) is 5.02 Å². The first-order valence-electron chi connectivity index (χ1n) is 9.56. The molecule has 6 nitrogen and oxygen atoms in total. The Morgan fingerprint density at radius 2 is 1.82 bits per heavy atom. The summed E-state index contributed by atoms with van der Waals surface area (Å²) < 4.78 is 5.29. The number of amides is 2. The molecule has 1 heterocycles. The first kappa shape index (κ1) is 20.4. The van der Waals surface area contributed by atoms with Gasteiger partial charge in [0, 0.05) is 22.4 Å². The zero-order valence-corrected chi connectivity index (χ0v) is 17.2. The number of halogens is 1. The number of pyridine rings is 1. The Morgan fingerprint density at radius 1 is 1.11 bits per heavy atom. The van der Waals surface area contributed by atoms with Gasteiger partial charge < -0.3 is 15.4 Å². The highest BCUT2D eigenvalue weighted by Gasteiger charge is 2.28. The van der Waals surface area contributed by atoms with Gasteiger partial charge in [0.05, 0.1) is 5.52 Å². The van der Waals surface area contributed by atoms with Gasteiger partial charge in [-0.15, -0.1) is 0 Å². The maximum Gasteiger partial charge on any atom is 0.407 e. The Balaban J connectivity index is 1.51. The van der Waals surface area contributed by atoms with Crippen LogP contribution < -0.4 is 10.6 Å². The van der Waals surface area contributed by atoms with Crippen LogP contribution in [0.25, 0.3) is 10.9 Å². The second-order valence-electron chi connectivity index (χ2n) is 8.22. The predicted octanol–water partition coefficient (Wildman–Crippen LogP) is 4.91. The minimum atomic E-state index is -0.515. The molecule has 150 valence electrons. The van der Waals surface area contributed by atoms with E-state index in [0.717, 1.165) is 36.6 Å². The number of ether oxygens (including phenoxy) is 1. The minimum Gasteiger partial charge on any atom is -0.444 e. The fourth-order valence-electron chi connectivity index (χ4n) is 3.37.